The van der Waals surface area contributed by atoms with Gasteiger partial charge in [0.25, 0.3) is 5.56 Å². The van der Waals surface area contributed by atoms with Gasteiger partial charge in [-0.15, -0.1) is 0 Å². The van der Waals surface area contributed by atoms with Gasteiger partial charge < -0.3 is 4.57 Å². The second-order valence-corrected chi connectivity index (χ2v) is 5.06. The van der Waals surface area contributed by atoms with Crippen LogP contribution >= 0.6 is 12.2 Å². The number of hydrogen-bond donors (Lipinski definition) is 2. The summed E-state index contributed by atoms with van der Waals surface area (Å²) in [5.74, 6) is 0.512. The largest absolute Gasteiger partial charge is 0.312 e. The molecule has 0 atom stereocenters. The molecule has 0 unspecified atom stereocenters. The predicted octanol–water partition coefficient (Wildman–Crippen LogP) is 2.71. The van der Waals surface area contributed by atoms with Crippen molar-refractivity contribution in [3.05, 3.63) is 32.4 Å². The van der Waals surface area contributed by atoms with E-state index in [0.717, 1.165) is 30.6 Å². The Hall–Kier alpha value is -1.69. The quantitative estimate of drug-likeness (QED) is 0.845. The Kier molecular flexibility index (Phi) is 3.99. The van der Waals surface area contributed by atoms with Crippen molar-refractivity contribution in [1.82, 2.24) is 19.7 Å². The van der Waals surface area contributed by atoms with Crippen molar-refractivity contribution < 1.29 is 0 Å². The zero-order valence-corrected chi connectivity index (χ0v) is 12.2. The highest BCUT2D eigenvalue weighted by Crippen LogP contribution is 2.16. The highest BCUT2D eigenvalue weighted by Gasteiger charge is 2.14. The predicted molar refractivity (Wildman–Crippen MR) is 77.9 cm³/mol. The van der Waals surface area contributed by atoms with Crippen LogP contribution in [0.15, 0.2) is 10.9 Å². The fraction of sp³-hybridized carbons (Fsp3) is 0.462. The summed E-state index contributed by atoms with van der Waals surface area (Å²) >= 11 is 4.94. The van der Waals surface area contributed by atoms with Gasteiger partial charge in [0.2, 0.25) is 4.77 Å². The molecular weight excluding hydrogens is 260 g/mol. The number of aromatic amines is 2. The van der Waals surface area contributed by atoms with E-state index in [4.69, 9.17) is 12.2 Å². The molecule has 0 bridgehead atoms. The number of nitrogens with one attached hydrogen (secondary N) is 2. The smallest absolute Gasteiger partial charge is 0.262 e. The highest BCUT2D eigenvalue weighted by atomic mass is 32.1. The molecule has 6 heteroatoms. The van der Waals surface area contributed by atoms with Crippen molar-refractivity contribution in [2.45, 2.75) is 40.2 Å². The minimum absolute atomic E-state index is 0.0105. The van der Waals surface area contributed by atoms with E-state index in [1.165, 1.54) is 0 Å². The maximum atomic E-state index is 12.6. The molecule has 0 radical (unpaired) electrons. The van der Waals surface area contributed by atoms with Gasteiger partial charge >= 0.3 is 0 Å². The van der Waals surface area contributed by atoms with Crippen molar-refractivity contribution >= 4 is 12.2 Å². The summed E-state index contributed by atoms with van der Waals surface area (Å²) in [7, 11) is 0. The Morgan fingerprint density at radius 2 is 2.11 bits per heavy atom. The zero-order chi connectivity index (χ0) is 14.0. The third-order valence-corrected chi connectivity index (χ3v) is 3.37. The summed E-state index contributed by atoms with van der Waals surface area (Å²) in [6, 6.07) is 2.01. The fourth-order valence-electron chi connectivity index (χ4n) is 2.20. The van der Waals surface area contributed by atoms with Crippen molar-refractivity contribution in [1.29, 1.82) is 0 Å². The first-order valence-electron chi connectivity index (χ1n) is 6.40. The summed E-state index contributed by atoms with van der Waals surface area (Å²) in [5.41, 5.74) is 2.47. The molecule has 0 aromatic carbocycles. The Labute approximate surface area is 116 Å². The molecule has 0 aliphatic rings. The molecule has 2 rings (SSSR count). The van der Waals surface area contributed by atoms with Crippen LogP contribution in [0.3, 0.4) is 0 Å². The van der Waals surface area contributed by atoms with Crippen molar-refractivity contribution in [2.24, 2.45) is 0 Å². The molecular formula is C13H18N4OS. The normalized spacial score (nSPS) is 10.9. The van der Waals surface area contributed by atoms with E-state index in [2.05, 4.69) is 22.1 Å². The van der Waals surface area contributed by atoms with E-state index >= 15 is 0 Å². The van der Waals surface area contributed by atoms with Gasteiger partial charge in [0.15, 0.2) is 5.82 Å². The van der Waals surface area contributed by atoms with Gasteiger partial charge in [-0.05, 0) is 44.1 Å². The standard InChI is InChI=1S/C13H18N4OS/c1-4-5-6-17-9(3)7-8(2)10(12(17)18)11-14-13(19)16-15-11/h7H,4-6H2,1-3H3,(H2,14,15,16,19). The number of pyridine rings is 1. The molecule has 0 spiro atoms. The van der Waals surface area contributed by atoms with Gasteiger partial charge in [-0.2, -0.15) is 4.98 Å². The van der Waals surface area contributed by atoms with Crippen LogP contribution in [0.2, 0.25) is 0 Å². The Balaban J connectivity index is 2.61. The number of nitrogens with zero attached hydrogens (tertiary/aromatic N) is 2. The monoisotopic (exact) mass is 278 g/mol. The third kappa shape index (κ3) is 2.68. The van der Waals surface area contributed by atoms with Crippen molar-refractivity contribution in [2.75, 3.05) is 0 Å². The molecule has 0 amide bonds. The maximum absolute atomic E-state index is 12.6. The van der Waals surface area contributed by atoms with E-state index in [-0.39, 0.29) is 5.56 Å². The minimum Gasteiger partial charge on any atom is -0.312 e. The Morgan fingerprint density at radius 1 is 1.37 bits per heavy atom. The van der Waals surface area contributed by atoms with Gasteiger partial charge in [0.05, 0.1) is 5.56 Å². The van der Waals surface area contributed by atoms with E-state index in [0.29, 0.717) is 16.2 Å². The van der Waals surface area contributed by atoms with E-state index in [9.17, 15) is 4.79 Å². The van der Waals surface area contributed by atoms with Crippen LogP contribution in [0.1, 0.15) is 31.0 Å². The van der Waals surface area contributed by atoms with Crippen LogP contribution in [0.4, 0.5) is 0 Å². The van der Waals surface area contributed by atoms with Crippen LogP contribution in [0.5, 0.6) is 0 Å². The lowest BCUT2D eigenvalue weighted by Gasteiger charge is -2.12. The van der Waals surface area contributed by atoms with E-state index < -0.39 is 0 Å². The average Bonchev–Trinajstić information content (AvgIpc) is 2.75. The first-order valence-corrected chi connectivity index (χ1v) is 6.81. The molecule has 19 heavy (non-hydrogen) atoms. The molecule has 0 aliphatic heterocycles. The lowest BCUT2D eigenvalue weighted by atomic mass is 10.1. The molecule has 0 fully saturated rings. The molecule has 2 aromatic rings. The molecule has 0 saturated heterocycles. The molecule has 2 aromatic heterocycles. The van der Waals surface area contributed by atoms with Crippen LogP contribution in [0.25, 0.3) is 11.4 Å². The van der Waals surface area contributed by atoms with Crippen LogP contribution < -0.4 is 5.56 Å². The summed E-state index contributed by atoms with van der Waals surface area (Å²) in [5, 5.41) is 5.58. The number of aryl methyl sites for hydroxylation is 2. The van der Waals surface area contributed by atoms with Crippen LogP contribution in [-0.2, 0) is 6.54 Å². The first-order chi connectivity index (χ1) is 9.04. The zero-order valence-electron chi connectivity index (χ0n) is 11.4. The number of aromatic nitrogens is 4. The Morgan fingerprint density at radius 3 is 2.68 bits per heavy atom. The van der Waals surface area contributed by atoms with Crippen molar-refractivity contribution in [3.8, 4) is 11.4 Å². The Bertz CT molecular complexity index is 695. The number of unbranched alkanes of at least 4 members (excludes halogenated alkanes) is 1. The summed E-state index contributed by atoms with van der Waals surface area (Å²) < 4.78 is 2.16. The molecule has 0 saturated carbocycles. The van der Waals surface area contributed by atoms with Gasteiger partial charge in [0, 0.05) is 12.2 Å². The van der Waals surface area contributed by atoms with E-state index in [1.807, 2.05) is 19.9 Å². The summed E-state index contributed by atoms with van der Waals surface area (Å²) in [4.78, 5) is 16.7. The number of rotatable bonds is 4. The first kappa shape index (κ1) is 13.7. The average molecular weight is 278 g/mol. The second-order valence-electron chi connectivity index (χ2n) is 4.67. The summed E-state index contributed by atoms with van der Waals surface area (Å²) in [6.45, 7) is 6.72. The lowest BCUT2D eigenvalue weighted by molar-refractivity contribution is 0.599. The SMILES string of the molecule is CCCCn1c(C)cc(C)c(-c2nc(=S)[nH][nH]2)c1=O. The topological polar surface area (TPSA) is 66.5 Å². The molecule has 2 N–H and O–H groups in total. The fourth-order valence-corrected chi connectivity index (χ4v) is 2.34. The van der Waals surface area contributed by atoms with Gasteiger partial charge in [0.1, 0.15) is 0 Å². The third-order valence-electron chi connectivity index (χ3n) is 3.18. The molecule has 5 nitrogen and oxygen atoms in total. The van der Waals surface area contributed by atoms with Gasteiger partial charge in [-0.1, -0.05) is 13.3 Å². The van der Waals surface area contributed by atoms with Crippen LogP contribution in [0, 0.1) is 18.6 Å². The van der Waals surface area contributed by atoms with Crippen molar-refractivity contribution in [3.63, 3.8) is 0 Å². The lowest BCUT2D eigenvalue weighted by Crippen LogP contribution is -2.25. The number of hydrogen-bond acceptors (Lipinski definition) is 3. The number of H-pyrrole nitrogens is 2. The maximum Gasteiger partial charge on any atom is 0.262 e. The van der Waals surface area contributed by atoms with E-state index in [1.54, 1.807) is 4.57 Å². The van der Waals surface area contributed by atoms with Crippen LogP contribution in [-0.4, -0.2) is 19.7 Å². The van der Waals surface area contributed by atoms with Gasteiger partial charge in [-0.25, -0.2) is 0 Å². The minimum atomic E-state index is -0.0105. The second kappa shape index (κ2) is 5.52. The molecule has 0 aliphatic carbocycles. The summed E-state index contributed by atoms with van der Waals surface area (Å²) in [6.07, 6.45) is 2.04. The molecule has 102 valence electrons. The highest BCUT2D eigenvalue weighted by molar-refractivity contribution is 7.71. The molecule has 2 heterocycles. The van der Waals surface area contributed by atoms with Gasteiger partial charge in [-0.3, -0.25) is 15.0 Å².